The van der Waals surface area contributed by atoms with E-state index in [1.54, 1.807) is 48.8 Å². The number of benzene rings is 1. The molecule has 0 spiro atoms. The van der Waals surface area contributed by atoms with Gasteiger partial charge in [0.05, 0.1) is 26.7 Å². The van der Waals surface area contributed by atoms with E-state index in [2.05, 4.69) is 10.3 Å². The fourth-order valence-electron chi connectivity index (χ4n) is 2.73. The van der Waals surface area contributed by atoms with Gasteiger partial charge in [0.1, 0.15) is 5.03 Å². The predicted octanol–water partition coefficient (Wildman–Crippen LogP) is 5.61. The highest BCUT2D eigenvalue weighted by molar-refractivity contribution is 7.99. The zero-order valence-electron chi connectivity index (χ0n) is 16.6. The third-order valence-electron chi connectivity index (χ3n) is 4.31. The number of thioether (sulfide) groups is 1. The molecule has 0 aliphatic carbocycles. The normalized spacial score (nSPS) is 11.3. The molecular weight excluding hydrogens is 483 g/mol. The second-order valence-corrected chi connectivity index (χ2v) is 8.91. The van der Waals surface area contributed by atoms with Crippen molar-refractivity contribution >= 4 is 52.2 Å². The highest BCUT2D eigenvalue weighted by atomic mass is 35.5. The van der Waals surface area contributed by atoms with Crippen molar-refractivity contribution in [3.8, 4) is 0 Å². The first-order valence-electron chi connectivity index (χ1n) is 9.23. The maximum atomic E-state index is 12.7. The summed E-state index contributed by atoms with van der Waals surface area (Å²) < 4.78 is 38.1. The molecule has 2 amide bonds. The second-order valence-electron chi connectivity index (χ2n) is 6.47. The van der Waals surface area contributed by atoms with Crippen LogP contribution in [0.1, 0.15) is 25.6 Å². The summed E-state index contributed by atoms with van der Waals surface area (Å²) in [5.41, 5.74) is -0.128. The van der Waals surface area contributed by atoms with Crippen molar-refractivity contribution in [2.75, 3.05) is 24.2 Å². The van der Waals surface area contributed by atoms with E-state index < -0.39 is 11.7 Å². The number of nitrogens with zero attached hydrogens (tertiary/aromatic N) is 2. The third-order valence-corrected chi connectivity index (χ3v) is 6.57. The van der Waals surface area contributed by atoms with Crippen LogP contribution in [0.4, 0.5) is 18.9 Å². The van der Waals surface area contributed by atoms with E-state index in [0.29, 0.717) is 21.9 Å². The van der Waals surface area contributed by atoms with Crippen molar-refractivity contribution in [3.05, 3.63) is 75.1 Å². The van der Waals surface area contributed by atoms with Crippen molar-refractivity contribution in [2.45, 2.75) is 11.2 Å². The van der Waals surface area contributed by atoms with Gasteiger partial charge in [0.2, 0.25) is 0 Å². The first kappa shape index (κ1) is 24.1. The number of para-hydroxylation sites is 1. The van der Waals surface area contributed by atoms with Crippen LogP contribution < -0.4 is 10.2 Å². The van der Waals surface area contributed by atoms with Crippen LogP contribution in [0.15, 0.2) is 59.1 Å². The van der Waals surface area contributed by atoms with Gasteiger partial charge in [-0.25, -0.2) is 4.98 Å². The molecule has 1 N–H and O–H groups in total. The SMILES string of the molecule is CN(C(=O)c1cccs1)c1ccccc1C(=O)NCCSc1ncc(C(F)(F)F)cc1Cl. The highest BCUT2D eigenvalue weighted by Gasteiger charge is 2.31. The summed E-state index contributed by atoms with van der Waals surface area (Å²) in [6, 6.07) is 11.0. The third kappa shape index (κ3) is 5.81. The fraction of sp³-hybridized carbons (Fsp3) is 0.190. The minimum Gasteiger partial charge on any atom is -0.351 e. The van der Waals surface area contributed by atoms with Crippen LogP contribution in [0.3, 0.4) is 0 Å². The summed E-state index contributed by atoms with van der Waals surface area (Å²) in [5.74, 6) is -0.256. The number of thiophene rings is 1. The molecule has 5 nitrogen and oxygen atoms in total. The first-order chi connectivity index (χ1) is 15.2. The Morgan fingerprint density at radius 3 is 2.62 bits per heavy atom. The summed E-state index contributed by atoms with van der Waals surface area (Å²) in [4.78, 5) is 31.0. The van der Waals surface area contributed by atoms with E-state index >= 15 is 0 Å². The van der Waals surface area contributed by atoms with E-state index in [9.17, 15) is 22.8 Å². The van der Waals surface area contributed by atoms with Crippen molar-refractivity contribution in [2.24, 2.45) is 0 Å². The van der Waals surface area contributed by atoms with Crippen LogP contribution in [0, 0.1) is 0 Å². The molecule has 0 saturated carbocycles. The summed E-state index contributed by atoms with van der Waals surface area (Å²) in [6.45, 7) is 0.222. The molecule has 0 saturated heterocycles. The van der Waals surface area contributed by atoms with Crippen molar-refractivity contribution in [3.63, 3.8) is 0 Å². The van der Waals surface area contributed by atoms with E-state index in [4.69, 9.17) is 11.6 Å². The van der Waals surface area contributed by atoms with Crippen molar-refractivity contribution in [1.82, 2.24) is 10.3 Å². The standard InChI is InChI=1S/C21H17ClF3N3O2S2/c1-28(20(30)17-7-4-9-31-17)16-6-3-2-5-14(16)18(29)26-8-10-32-19-15(22)11-13(12-27-19)21(23,24)25/h2-7,9,11-12H,8,10H2,1H3,(H,26,29). The number of amides is 2. The second kappa shape index (κ2) is 10.4. The van der Waals surface area contributed by atoms with Gasteiger partial charge in [-0.1, -0.05) is 29.8 Å². The Bertz CT molecular complexity index is 1110. The minimum absolute atomic E-state index is 0.102. The lowest BCUT2D eigenvalue weighted by Gasteiger charge is -2.19. The topological polar surface area (TPSA) is 62.3 Å². The van der Waals surface area contributed by atoms with E-state index in [0.717, 1.165) is 24.0 Å². The molecule has 0 atom stereocenters. The van der Waals surface area contributed by atoms with Crippen LogP contribution in [-0.2, 0) is 6.18 Å². The van der Waals surface area contributed by atoms with Gasteiger partial charge in [-0.2, -0.15) is 13.2 Å². The number of rotatable bonds is 7. The summed E-state index contributed by atoms with van der Waals surface area (Å²) in [6.07, 6.45) is -3.79. The zero-order chi connectivity index (χ0) is 23.3. The molecule has 0 bridgehead atoms. The average Bonchev–Trinajstić information content (AvgIpc) is 3.30. The minimum atomic E-state index is -4.51. The van der Waals surface area contributed by atoms with Gasteiger partial charge in [-0.15, -0.1) is 23.1 Å². The molecule has 1 aromatic carbocycles. The molecule has 0 aliphatic heterocycles. The number of hydrogen-bond acceptors (Lipinski definition) is 5. The van der Waals surface area contributed by atoms with Gasteiger partial charge in [-0.05, 0) is 29.6 Å². The monoisotopic (exact) mass is 499 g/mol. The Balaban J connectivity index is 1.60. The Labute approximate surface area is 195 Å². The van der Waals surface area contributed by atoms with E-state index in [1.807, 2.05) is 0 Å². The van der Waals surface area contributed by atoms with E-state index in [-0.39, 0.29) is 28.4 Å². The number of carbonyl (C=O) groups is 2. The predicted molar refractivity (Wildman–Crippen MR) is 121 cm³/mol. The van der Waals surface area contributed by atoms with Gasteiger partial charge in [0.25, 0.3) is 11.8 Å². The molecule has 32 heavy (non-hydrogen) atoms. The lowest BCUT2D eigenvalue weighted by atomic mass is 10.1. The number of alkyl halides is 3. The lowest BCUT2D eigenvalue weighted by Crippen LogP contribution is -2.31. The molecule has 3 rings (SSSR count). The Morgan fingerprint density at radius 2 is 1.97 bits per heavy atom. The van der Waals surface area contributed by atoms with E-state index in [1.165, 1.54) is 16.2 Å². The number of aromatic nitrogens is 1. The largest absolute Gasteiger partial charge is 0.417 e. The molecule has 0 aliphatic rings. The fourth-order valence-corrected chi connectivity index (χ4v) is 4.48. The summed E-state index contributed by atoms with van der Waals surface area (Å²) in [5, 5.41) is 4.69. The number of carbonyl (C=O) groups excluding carboxylic acids is 2. The zero-order valence-corrected chi connectivity index (χ0v) is 19.0. The molecule has 2 aromatic heterocycles. The Kier molecular flexibility index (Phi) is 7.81. The van der Waals surface area contributed by atoms with Crippen LogP contribution in [0.5, 0.6) is 0 Å². The number of nitrogens with one attached hydrogen (secondary N) is 1. The number of pyridine rings is 1. The van der Waals surface area contributed by atoms with Crippen LogP contribution in [0.25, 0.3) is 0 Å². The molecule has 3 aromatic rings. The lowest BCUT2D eigenvalue weighted by molar-refractivity contribution is -0.137. The van der Waals surface area contributed by atoms with Crippen LogP contribution >= 0.6 is 34.7 Å². The van der Waals surface area contributed by atoms with Crippen LogP contribution in [0.2, 0.25) is 5.02 Å². The Morgan fingerprint density at radius 1 is 1.22 bits per heavy atom. The maximum absolute atomic E-state index is 12.7. The van der Waals surface area contributed by atoms with Gasteiger partial charge < -0.3 is 10.2 Å². The van der Waals surface area contributed by atoms with Gasteiger partial charge in [-0.3, -0.25) is 9.59 Å². The number of anilines is 1. The quantitative estimate of drug-likeness (QED) is 0.339. The molecule has 0 fully saturated rings. The molecular formula is C21H17ClF3N3O2S2. The number of halogens is 4. The summed E-state index contributed by atoms with van der Waals surface area (Å²) in [7, 11) is 1.60. The smallest absolute Gasteiger partial charge is 0.351 e. The Hall–Kier alpha value is -2.56. The highest BCUT2D eigenvalue weighted by Crippen LogP contribution is 2.33. The molecule has 2 heterocycles. The number of hydrogen-bond donors (Lipinski definition) is 1. The van der Waals surface area contributed by atoms with Crippen LogP contribution in [-0.4, -0.2) is 36.1 Å². The molecule has 168 valence electrons. The van der Waals surface area contributed by atoms with Gasteiger partial charge in [0, 0.05) is 25.5 Å². The molecule has 0 radical (unpaired) electrons. The van der Waals surface area contributed by atoms with Gasteiger partial charge >= 0.3 is 6.18 Å². The summed E-state index contributed by atoms with van der Waals surface area (Å²) >= 11 is 8.33. The van der Waals surface area contributed by atoms with Gasteiger partial charge in [0.15, 0.2) is 0 Å². The van der Waals surface area contributed by atoms with Crippen molar-refractivity contribution < 1.29 is 22.8 Å². The molecule has 11 heteroatoms. The molecule has 0 unspecified atom stereocenters. The van der Waals surface area contributed by atoms with Crippen molar-refractivity contribution in [1.29, 1.82) is 0 Å². The maximum Gasteiger partial charge on any atom is 0.417 e. The first-order valence-corrected chi connectivity index (χ1v) is 11.5. The average molecular weight is 500 g/mol.